The number of ketones is 1. The molecule has 0 aromatic carbocycles. The molecule has 0 bridgehead atoms. The fourth-order valence-corrected chi connectivity index (χ4v) is 0.213. The summed E-state index contributed by atoms with van der Waals surface area (Å²) in [6.07, 6.45) is -0.949. The molecule has 2 N–H and O–H groups in total. The third kappa shape index (κ3) is 3.22. The summed E-state index contributed by atoms with van der Waals surface area (Å²) in [5.41, 5.74) is 0. The second kappa shape index (κ2) is 2.81. The molecule has 0 rings (SSSR count). The van der Waals surface area contributed by atoms with Gasteiger partial charge in [-0.1, -0.05) is 0 Å². The number of hydrogen-bond donors (Lipinski definition) is 2. The molecule has 0 aliphatic rings. The Balaban J connectivity index is 3.79. The van der Waals surface area contributed by atoms with Crippen molar-refractivity contribution in [2.24, 2.45) is 0 Å². The average molecular weight is 133 g/mol. The summed E-state index contributed by atoms with van der Waals surface area (Å²) in [6, 6.07) is 0. The second-order valence-corrected chi connectivity index (χ2v) is 1.30. The summed E-state index contributed by atoms with van der Waals surface area (Å²) in [5.74, 6) is -4.44. The van der Waals surface area contributed by atoms with Gasteiger partial charge in [-0.2, -0.15) is 0 Å². The number of carbonyl (C=O) groups excluding carboxylic acids is 1. The van der Waals surface area contributed by atoms with Gasteiger partial charge < -0.3 is 10.2 Å². The van der Waals surface area contributed by atoms with E-state index in [1.54, 1.807) is 0 Å². The van der Waals surface area contributed by atoms with Gasteiger partial charge in [0.1, 0.15) is 6.42 Å². The van der Waals surface area contributed by atoms with E-state index in [0.717, 1.165) is 0 Å². The van der Waals surface area contributed by atoms with Crippen molar-refractivity contribution in [3.05, 3.63) is 0 Å². The molecule has 0 heterocycles. The van der Waals surface area contributed by atoms with Crippen molar-refractivity contribution in [2.45, 2.75) is 6.42 Å². The zero-order chi connectivity index (χ0) is 7.44. The Kier molecular flexibility index (Phi) is 2.37. The molecule has 0 aliphatic heterocycles. The van der Waals surface area contributed by atoms with Crippen LogP contribution in [-0.2, 0) is 14.4 Å². The Morgan fingerprint density at radius 2 is 1.56 bits per heavy atom. The Morgan fingerprint density at radius 1 is 1.11 bits per heavy atom. The normalized spacial score (nSPS) is 8.44. The average Bonchev–Trinajstić information content (AvgIpc) is 1.63. The van der Waals surface area contributed by atoms with Crippen molar-refractivity contribution >= 4 is 17.7 Å². The van der Waals surface area contributed by atoms with Crippen molar-refractivity contribution in [1.29, 1.82) is 0 Å². The first-order chi connectivity index (χ1) is 4.04. The molecule has 0 saturated carbocycles. The Morgan fingerprint density at radius 3 is 1.67 bits per heavy atom. The van der Waals surface area contributed by atoms with E-state index in [4.69, 9.17) is 10.2 Å². The van der Waals surface area contributed by atoms with Crippen molar-refractivity contribution in [3.63, 3.8) is 0 Å². The van der Waals surface area contributed by atoms with Crippen LogP contribution in [0.3, 0.4) is 0 Å². The molecule has 0 unspecified atom stereocenters. The summed E-state index contributed by atoms with van der Waals surface area (Å²) in [5, 5.41) is 15.7. The van der Waals surface area contributed by atoms with Gasteiger partial charge in [0.05, 0.1) is 0 Å². The standard InChI is InChI=1S/C4H4O5/c5-2(4(8)9)1-3(6)7/h1H2,(H,6,7)(H,8,9)/i4+1. The predicted molar refractivity (Wildman–Crippen MR) is 24.9 cm³/mol. The third-order valence-corrected chi connectivity index (χ3v) is 0.550. The maximum atomic E-state index is 9.97. The molecule has 50 valence electrons. The molecule has 0 fully saturated rings. The topological polar surface area (TPSA) is 91.7 Å². The molecule has 0 aliphatic carbocycles. The fraction of sp³-hybridized carbons (Fsp3) is 0.250. The van der Waals surface area contributed by atoms with Gasteiger partial charge in [-0.15, -0.1) is 0 Å². The minimum atomic E-state index is -1.71. The first-order valence-corrected chi connectivity index (χ1v) is 2.02. The maximum absolute atomic E-state index is 9.97. The van der Waals surface area contributed by atoms with Crippen molar-refractivity contribution in [3.8, 4) is 0 Å². The van der Waals surface area contributed by atoms with E-state index in [1.165, 1.54) is 0 Å². The number of carboxylic acids is 2. The molecule has 0 amide bonds. The van der Waals surface area contributed by atoms with Crippen LogP contribution in [0.4, 0.5) is 0 Å². The lowest BCUT2D eigenvalue weighted by molar-refractivity contribution is -0.152. The monoisotopic (exact) mass is 133 g/mol. The van der Waals surface area contributed by atoms with Crippen LogP contribution in [0.1, 0.15) is 6.42 Å². The first kappa shape index (κ1) is 7.61. The fourth-order valence-electron chi connectivity index (χ4n) is 0.213. The summed E-state index contributed by atoms with van der Waals surface area (Å²) >= 11 is 0. The van der Waals surface area contributed by atoms with Crippen molar-refractivity contribution < 1.29 is 24.6 Å². The van der Waals surface area contributed by atoms with E-state index in [2.05, 4.69) is 0 Å². The lowest BCUT2D eigenvalue weighted by Crippen LogP contribution is -2.16. The van der Waals surface area contributed by atoms with E-state index >= 15 is 0 Å². The predicted octanol–water partition coefficient (Wildman–Crippen LogP) is -0.885. The van der Waals surface area contributed by atoms with Crippen LogP contribution in [0.15, 0.2) is 0 Å². The molecule has 0 radical (unpaired) electrons. The summed E-state index contributed by atoms with van der Waals surface area (Å²) in [4.78, 5) is 29.2. The van der Waals surface area contributed by atoms with Crippen LogP contribution in [0.25, 0.3) is 0 Å². The number of carbonyl (C=O) groups is 3. The van der Waals surface area contributed by atoms with Crippen LogP contribution < -0.4 is 0 Å². The number of carboxylic acid groups (broad SMARTS) is 2. The van der Waals surface area contributed by atoms with E-state index in [-0.39, 0.29) is 0 Å². The van der Waals surface area contributed by atoms with E-state index in [1.807, 2.05) is 0 Å². The van der Waals surface area contributed by atoms with Crippen LogP contribution in [-0.4, -0.2) is 27.9 Å². The quantitative estimate of drug-likeness (QED) is 0.296. The Labute approximate surface area is 49.9 Å². The Hall–Kier alpha value is -1.39. The van der Waals surface area contributed by atoms with Gasteiger partial charge in [0.2, 0.25) is 0 Å². The molecule has 0 saturated heterocycles. The number of Topliss-reactive ketones (excluding diaryl/α,β-unsaturated/α-hetero) is 1. The third-order valence-electron chi connectivity index (χ3n) is 0.550. The second-order valence-electron chi connectivity index (χ2n) is 1.30. The molecule has 0 aromatic heterocycles. The Bertz CT molecular complexity index is 158. The van der Waals surface area contributed by atoms with E-state index in [9.17, 15) is 14.4 Å². The van der Waals surface area contributed by atoms with Gasteiger partial charge in [-0.25, -0.2) is 4.79 Å². The lowest BCUT2D eigenvalue weighted by atomic mass is 10.4. The van der Waals surface area contributed by atoms with Crippen molar-refractivity contribution in [1.82, 2.24) is 0 Å². The zero-order valence-electron chi connectivity index (χ0n) is 4.33. The number of hydrogen-bond acceptors (Lipinski definition) is 3. The van der Waals surface area contributed by atoms with Crippen LogP contribution in [0.5, 0.6) is 0 Å². The van der Waals surface area contributed by atoms with Gasteiger partial charge in [0.25, 0.3) is 5.78 Å². The lowest BCUT2D eigenvalue weighted by Gasteiger charge is -1.85. The van der Waals surface area contributed by atoms with Gasteiger partial charge >= 0.3 is 11.9 Å². The smallest absolute Gasteiger partial charge is 0.372 e. The maximum Gasteiger partial charge on any atom is 0.372 e. The zero-order valence-corrected chi connectivity index (χ0v) is 4.33. The van der Waals surface area contributed by atoms with Gasteiger partial charge in [-0.05, 0) is 0 Å². The molecule has 0 atom stereocenters. The first-order valence-electron chi connectivity index (χ1n) is 2.02. The molecule has 0 aromatic rings. The van der Waals surface area contributed by atoms with Gasteiger partial charge in [0, 0.05) is 0 Å². The molecule has 9 heavy (non-hydrogen) atoms. The van der Waals surface area contributed by atoms with Crippen LogP contribution in [0, 0.1) is 0 Å². The van der Waals surface area contributed by atoms with Crippen molar-refractivity contribution in [2.75, 3.05) is 0 Å². The van der Waals surface area contributed by atoms with Crippen LogP contribution >= 0.6 is 0 Å². The largest absolute Gasteiger partial charge is 0.481 e. The highest BCUT2D eigenvalue weighted by atomic mass is 16.5. The highest BCUT2D eigenvalue weighted by Gasteiger charge is 2.14. The molecular formula is C4H4O5. The number of aliphatic carboxylic acids is 2. The summed E-state index contributed by atoms with van der Waals surface area (Å²) < 4.78 is 0. The molecule has 5 heteroatoms. The van der Waals surface area contributed by atoms with E-state index in [0.29, 0.717) is 0 Å². The molecule has 5 nitrogen and oxygen atoms in total. The number of rotatable bonds is 3. The SMILES string of the molecule is O=C(O)CC(=O)[13C](=O)O. The summed E-state index contributed by atoms with van der Waals surface area (Å²) in [6.45, 7) is 0. The minimum absolute atomic E-state index is 0.949. The van der Waals surface area contributed by atoms with E-state index < -0.39 is 24.1 Å². The molecule has 0 spiro atoms. The van der Waals surface area contributed by atoms with Gasteiger partial charge in [-0.3, -0.25) is 9.59 Å². The minimum Gasteiger partial charge on any atom is -0.481 e. The highest BCUT2D eigenvalue weighted by Crippen LogP contribution is 1.81. The van der Waals surface area contributed by atoms with Crippen LogP contribution in [0.2, 0.25) is 0 Å². The summed E-state index contributed by atoms with van der Waals surface area (Å²) in [7, 11) is 0. The molecular weight excluding hydrogens is 129 g/mol. The van der Waals surface area contributed by atoms with Gasteiger partial charge in [0.15, 0.2) is 0 Å². The highest BCUT2D eigenvalue weighted by molar-refractivity contribution is 6.35.